The van der Waals surface area contributed by atoms with Gasteiger partial charge in [0, 0.05) is 24.1 Å². The number of thioether (sulfide) groups is 1. The van der Waals surface area contributed by atoms with Crippen LogP contribution in [0.25, 0.3) is 0 Å². The number of benzene rings is 1. The largest absolute Gasteiger partial charge is 0.361 e. The van der Waals surface area contributed by atoms with Gasteiger partial charge in [0.2, 0.25) is 0 Å². The van der Waals surface area contributed by atoms with Gasteiger partial charge in [-0.15, -0.1) is 0 Å². The molecule has 1 aliphatic rings. The Morgan fingerprint density at radius 1 is 1.33 bits per heavy atom. The minimum Gasteiger partial charge on any atom is -0.361 e. The minimum atomic E-state index is 0.0306. The summed E-state index contributed by atoms with van der Waals surface area (Å²) >= 11 is 1.93. The molecule has 1 unspecified atom stereocenters. The SMILES string of the molecule is Cc1oncc1C(=O)N1CCSC(c2ccccc2)CC1. The summed E-state index contributed by atoms with van der Waals surface area (Å²) in [5.74, 6) is 1.58. The number of carbonyl (C=O) groups excluding carboxylic acids is 1. The first kappa shape index (κ1) is 14.2. The van der Waals surface area contributed by atoms with Crippen LogP contribution in [0.3, 0.4) is 0 Å². The molecule has 0 spiro atoms. The van der Waals surface area contributed by atoms with Crippen molar-refractivity contribution in [1.29, 1.82) is 0 Å². The van der Waals surface area contributed by atoms with Crippen LogP contribution < -0.4 is 0 Å². The van der Waals surface area contributed by atoms with Gasteiger partial charge in [0.25, 0.3) is 5.91 Å². The van der Waals surface area contributed by atoms with Gasteiger partial charge >= 0.3 is 0 Å². The van der Waals surface area contributed by atoms with E-state index in [1.807, 2.05) is 22.7 Å². The molecule has 1 saturated heterocycles. The van der Waals surface area contributed by atoms with E-state index in [4.69, 9.17) is 4.52 Å². The molecule has 110 valence electrons. The van der Waals surface area contributed by atoms with E-state index < -0.39 is 0 Å². The predicted octanol–water partition coefficient (Wildman–Crippen LogP) is 3.30. The van der Waals surface area contributed by atoms with Crippen molar-refractivity contribution < 1.29 is 9.32 Å². The summed E-state index contributed by atoms with van der Waals surface area (Å²) in [6.45, 7) is 3.33. The van der Waals surface area contributed by atoms with Gasteiger partial charge < -0.3 is 9.42 Å². The smallest absolute Gasteiger partial charge is 0.259 e. The van der Waals surface area contributed by atoms with Gasteiger partial charge in [-0.1, -0.05) is 35.5 Å². The molecule has 1 aromatic heterocycles. The zero-order valence-electron chi connectivity index (χ0n) is 12.0. The summed E-state index contributed by atoms with van der Waals surface area (Å²) in [6.07, 6.45) is 2.50. The standard InChI is InChI=1S/C16H18N2O2S/c1-12-14(11-17-20-12)16(19)18-8-7-15(21-10-9-18)13-5-3-2-4-6-13/h2-6,11,15H,7-10H2,1H3. The molecule has 3 rings (SSSR count). The molecular weight excluding hydrogens is 284 g/mol. The van der Waals surface area contributed by atoms with E-state index in [1.54, 1.807) is 6.92 Å². The Morgan fingerprint density at radius 2 is 2.14 bits per heavy atom. The minimum absolute atomic E-state index is 0.0306. The Hall–Kier alpha value is -1.75. The van der Waals surface area contributed by atoms with Crippen LogP contribution in [0.2, 0.25) is 0 Å². The number of hydrogen-bond donors (Lipinski definition) is 0. The Balaban J connectivity index is 1.69. The Bertz CT molecular complexity index is 612. The first-order valence-corrected chi connectivity index (χ1v) is 8.17. The molecular formula is C16H18N2O2S. The second-order valence-electron chi connectivity index (χ2n) is 5.15. The number of rotatable bonds is 2. The predicted molar refractivity (Wildman–Crippen MR) is 83.4 cm³/mol. The Morgan fingerprint density at radius 3 is 2.86 bits per heavy atom. The molecule has 0 saturated carbocycles. The van der Waals surface area contributed by atoms with E-state index in [0.29, 0.717) is 16.6 Å². The van der Waals surface area contributed by atoms with Gasteiger partial charge in [0.1, 0.15) is 11.3 Å². The second kappa shape index (κ2) is 6.35. The van der Waals surface area contributed by atoms with Gasteiger partial charge in [-0.2, -0.15) is 11.8 Å². The molecule has 0 aliphatic carbocycles. The zero-order chi connectivity index (χ0) is 14.7. The Kier molecular flexibility index (Phi) is 4.29. The van der Waals surface area contributed by atoms with Gasteiger partial charge in [-0.05, 0) is 18.9 Å². The number of hydrogen-bond acceptors (Lipinski definition) is 4. The molecule has 21 heavy (non-hydrogen) atoms. The van der Waals surface area contributed by atoms with Gasteiger partial charge in [-0.25, -0.2) is 0 Å². The Labute approximate surface area is 128 Å². The van der Waals surface area contributed by atoms with Crippen LogP contribution >= 0.6 is 11.8 Å². The van der Waals surface area contributed by atoms with E-state index in [-0.39, 0.29) is 5.91 Å². The van der Waals surface area contributed by atoms with Crippen molar-refractivity contribution >= 4 is 17.7 Å². The maximum absolute atomic E-state index is 12.5. The third-order valence-electron chi connectivity index (χ3n) is 3.78. The highest BCUT2D eigenvalue weighted by molar-refractivity contribution is 7.99. The van der Waals surface area contributed by atoms with E-state index in [9.17, 15) is 4.79 Å². The van der Waals surface area contributed by atoms with Crippen LogP contribution in [-0.4, -0.2) is 34.8 Å². The number of nitrogens with zero attached hydrogens (tertiary/aromatic N) is 2. The number of aromatic nitrogens is 1. The zero-order valence-corrected chi connectivity index (χ0v) is 12.8. The monoisotopic (exact) mass is 302 g/mol. The van der Waals surface area contributed by atoms with Crippen molar-refractivity contribution in [2.75, 3.05) is 18.8 Å². The molecule has 1 atom stereocenters. The number of amides is 1. The lowest BCUT2D eigenvalue weighted by Crippen LogP contribution is -2.33. The molecule has 1 aliphatic heterocycles. The van der Waals surface area contributed by atoms with E-state index in [1.165, 1.54) is 11.8 Å². The number of aryl methyl sites for hydroxylation is 1. The van der Waals surface area contributed by atoms with E-state index >= 15 is 0 Å². The molecule has 5 heteroatoms. The van der Waals surface area contributed by atoms with Crippen molar-refractivity contribution in [2.45, 2.75) is 18.6 Å². The van der Waals surface area contributed by atoms with E-state index in [2.05, 4.69) is 29.4 Å². The molecule has 0 bridgehead atoms. The maximum Gasteiger partial charge on any atom is 0.259 e. The summed E-state index contributed by atoms with van der Waals surface area (Å²) in [5, 5.41) is 4.16. The van der Waals surface area contributed by atoms with Crippen molar-refractivity contribution in [3.8, 4) is 0 Å². The molecule has 4 nitrogen and oxygen atoms in total. The summed E-state index contributed by atoms with van der Waals surface area (Å²) in [7, 11) is 0. The fourth-order valence-electron chi connectivity index (χ4n) is 2.58. The molecule has 1 amide bonds. The van der Waals surface area contributed by atoms with Crippen LogP contribution in [0.1, 0.15) is 33.4 Å². The third kappa shape index (κ3) is 3.13. The lowest BCUT2D eigenvalue weighted by molar-refractivity contribution is 0.0765. The van der Waals surface area contributed by atoms with Crippen LogP contribution in [0.5, 0.6) is 0 Å². The fraction of sp³-hybridized carbons (Fsp3) is 0.375. The van der Waals surface area contributed by atoms with Crippen LogP contribution in [0, 0.1) is 6.92 Å². The highest BCUT2D eigenvalue weighted by atomic mass is 32.2. The molecule has 0 N–H and O–H groups in total. The summed E-state index contributed by atoms with van der Waals surface area (Å²) in [5.41, 5.74) is 1.93. The third-order valence-corrected chi connectivity index (χ3v) is 5.11. The van der Waals surface area contributed by atoms with Crippen molar-refractivity contribution in [3.63, 3.8) is 0 Å². The van der Waals surface area contributed by atoms with Gasteiger partial charge in [0.05, 0.1) is 6.20 Å². The second-order valence-corrected chi connectivity index (χ2v) is 6.46. The topological polar surface area (TPSA) is 46.3 Å². The maximum atomic E-state index is 12.5. The first-order valence-electron chi connectivity index (χ1n) is 7.13. The lowest BCUT2D eigenvalue weighted by Gasteiger charge is -2.19. The van der Waals surface area contributed by atoms with Crippen molar-refractivity contribution in [2.24, 2.45) is 0 Å². The summed E-state index contributed by atoms with van der Waals surface area (Å²) in [4.78, 5) is 14.4. The molecule has 0 radical (unpaired) electrons. The number of carbonyl (C=O) groups is 1. The van der Waals surface area contributed by atoms with Crippen LogP contribution in [-0.2, 0) is 0 Å². The van der Waals surface area contributed by atoms with Crippen molar-refractivity contribution in [3.05, 3.63) is 53.4 Å². The molecule has 2 heterocycles. The quantitative estimate of drug-likeness (QED) is 0.854. The average Bonchev–Trinajstić information content (AvgIpc) is 2.80. The van der Waals surface area contributed by atoms with Gasteiger partial charge in [-0.3, -0.25) is 4.79 Å². The molecule has 1 aromatic carbocycles. The molecule has 1 fully saturated rings. The highest BCUT2D eigenvalue weighted by Gasteiger charge is 2.24. The van der Waals surface area contributed by atoms with Crippen LogP contribution in [0.15, 0.2) is 41.1 Å². The lowest BCUT2D eigenvalue weighted by atomic mass is 10.1. The fourth-order valence-corrected chi connectivity index (χ4v) is 3.81. The first-order chi connectivity index (χ1) is 10.3. The highest BCUT2D eigenvalue weighted by Crippen LogP contribution is 2.34. The van der Waals surface area contributed by atoms with Crippen LogP contribution in [0.4, 0.5) is 0 Å². The average molecular weight is 302 g/mol. The van der Waals surface area contributed by atoms with E-state index in [0.717, 1.165) is 25.3 Å². The van der Waals surface area contributed by atoms with Gasteiger partial charge in [0.15, 0.2) is 0 Å². The summed E-state index contributed by atoms with van der Waals surface area (Å²) in [6, 6.07) is 10.5. The molecule has 2 aromatic rings. The normalized spacial score (nSPS) is 19.3. The van der Waals surface area contributed by atoms with Crippen molar-refractivity contribution in [1.82, 2.24) is 10.1 Å². The summed E-state index contributed by atoms with van der Waals surface area (Å²) < 4.78 is 5.00.